The average Bonchev–Trinajstić information content (AvgIpc) is 2.78. The summed E-state index contributed by atoms with van der Waals surface area (Å²) in [6.07, 6.45) is 1.38. The zero-order valence-corrected chi connectivity index (χ0v) is 9.38. The number of hydrogen-bond acceptors (Lipinski definition) is 3. The Hall–Kier alpha value is -2.63. The molecule has 0 saturated heterocycles. The van der Waals surface area contributed by atoms with Gasteiger partial charge in [-0.25, -0.2) is 4.39 Å². The van der Waals surface area contributed by atoms with Crippen molar-refractivity contribution in [2.75, 3.05) is 0 Å². The zero-order valence-electron chi connectivity index (χ0n) is 9.38. The summed E-state index contributed by atoms with van der Waals surface area (Å²) in [7, 11) is 0. The molecule has 0 atom stereocenters. The number of nitrogens with zero attached hydrogens (tertiary/aromatic N) is 2. The summed E-state index contributed by atoms with van der Waals surface area (Å²) in [4.78, 5) is 0. The molecule has 6 heteroatoms. The second kappa shape index (κ2) is 5.13. The predicted molar refractivity (Wildman–Crippen MR) is 67.5 cm³/mol. The van der Waals surface area contributed by atoms with E-state index in [9.17, 15) is 4.39 Å². The molecule has 2 aromatic rings. The molecule has 0 aliphatic heterocycles. The molecule has 1 heterocycles. The van der Waals surface area contributed by atoms with Crippen molar-refractivity contribution in [1.82, 2.24) is 0 Å². The molecule has 18 heavy (non-hydrogen) atoms. The van der Waals surface area contributed by atoms with Gasteiger partial charge in [-0.3, -0.25) is 0 Å². The summed E-state index contributed by atoms with van der Waals surface area (Å²) in [5.74, 6) is 0.692. The van der Waals surface area contributed by atoms with E-state index in [0.29, 0.717) is 11.5 Å². The smallest absolute Gasteiger partial charge is 0.211 e. The maximum atomic E-state index is 12.8. The highest BCUT2D eigenvalue weighted by Crippen LogP contribution is 2.21. The van der Waals surface area contributed by atoms with E-state index in [2.05, 4.69) is 10.2 Å². The van der Waals surface area contributed by atoms with E-state index < -0.39 is 0 Å². The summed E-state index contributed by atoms with van der Waals surface area (Å²) >= 11 is 0. The quantitative estimate of drug-likeness (QED) is 0.490. The molecule has 92 valence electrons. The SMILES string of the molecule is NC(N)=NN=Cc1ccc(-c2ccc(F)cc2)o1. The molecular formula is C12H11FN4O. The molecule has 0 aliphatic rings. The third-order valence-electron chi connectivity index (χ3n) is 2.11. The van der Waals surface area contributed by atoms with Crippen LogP contribution in [0.15, 0.2) is 51.0 Å². The lowest BCUT2D eigenvalue weighted by Gasteiger charge is -1.95. The Labute approximate surface area is 103 Å². The molecule has 5 nitrogen and oxygen atoms in total. The van der Waals surface area contributed by atoms with Crippen LogP contribution in [-0.4, -0.2) is 12.2 Å². The van der Waals surface area contributed by atoms with Crippen molar-refractivity contribution in [3.05, 3.63) is 48.0 Å². The molecule has 0 saturated carbocycles. The van der Waals surface area contributed by atoms with Gasteiger partial charge in [0, 0.05) is 5.56 Å². The first kappa shape index (κ1) is 11.8. The monoisotopic (exact) mass is 246 g/mol. The van der Waals surface area contributed by atoms with Gasteiger partial charge in [-0.2, -0.15) is 5.10 Å². The van der Waals surface area contributed by atoms with Crippen LogP contribution in [0.2, 0.25) is 0 Å². The number of rotatable bonds is 3. The van der Waals surface area contributed by atoms with Crippen LogP contribution in [0.3, 0.4) is 0 Å². The highest BCUT2D eigenvalue weighted by molar-refractivity contribution is 5.80. The summed E-state index contributed by atoms with van der Waals surface area (Å²) in [6.45, 7) is 0. The summed E-state index contributed by atoms with van der Waals surface area (Å²) < 4.78 is 18.2. The van der Waals surface area contributed by atoms with Gasteiger partial charge in [-0.1, -0.05) is 0 Å². The molecule has 2 rings (SSSR count). The van der Waals surface area contributed by atoms with E-state index in [1.54, 1.807) is 24.3 Å². The first-order valence-electron chi connectivity index (χ1n) is 5.13. The Morgan fingerprint density at radius 1 is 1.11 bits per heavy atom. The van der Waals surface area contributed by atoms with Gasteiger partial charge in [0.05, 0.1) is 6.21 Å². The van der Waals surface area contributed by atoms with E-state index in [1.807, 2.05) is 0 Å². The molecule has 0 radical (unpaired) electrons. The average molecular weight is 246 g/mol. The molecular weight excluding hydrogens is 235 g/mol. The van der Waals surface area contributed by atoms with Gasteiger partial charge in [0.15, 0.2) is 0 Å². The molecule has 0 fully saturated rings. The number of halogens is 1. The van der Waals surface area contributed by atoms with E-state index in [1.165, 1.54) is 18.3 Å². The van der Waals surface area contributed by atoms with E-state index in [-0.39, 0.29) is 11.8 Å². The molecule has 0 aliphatic carbocycles. The lowest BCUT2D eigenvalue weighted by atomic mass is 10.2. The van der Waals surface area contributed by atoms with E-state index in [4.69, 9.17) is 15.9 Å². The highest BCUT2D eigenvalue weighted by atomic mass is 19.1. The van der Waals surface area contributed by atoms with Gasteiger partial charge in [-0.15, -0.1) is 5.10 Å². The third-order valence-corrected chi connectivity index (χ3v) is 2.11. The number of benzene rings is 1. The second-order valence-electron chi connectivity index (χ2n) is 3.48. The largest absolute Gasteiger partial charge is 0.455 e. The number of furan rings is 1. The van der Waals surface area contributed by atoms with Crippen LogP contribution in [0.1, 0.15) is 5.76 Å². The Balaban J connectivity index is 2.18. The van der Waals surface area contributed by atoms with Crippen LogP contribution in [0, 0.1) is 5.82 Å². The van der Waals surface area contributed by atoms with Gasteiger partial charge in [-0.05, 0) is 36.4 Å². The Morgan fingerprint density at radius 3 is 2.50 bits per heavy atom. The molecule has 0 spiro atoms. The van der Waals surface area contributed by atoms with Crippen molar-refractivity contribution in [3.8, 4) is 11.3 Å². The Bertz CT molecular complexity index is 582. The van der Waals surface area contributed by atoms with Gasteiger partial charge in [0.2, 0.25) is 5.96 Å². The standard InChI is InChI=1S/C12H11FN4O/c13-9-3-1-8(2-4-9)11-6-5-10(18-11)7-16-17-12(14)15/h1-7H,(H4,14,15,17). The normalized spacial score (nSPS) is 10.7. The molecule has 0 unspecified atom stereocenters. The number of guanidine groups is 1. The van der Waals surface area contributed by atoms with Crippen molar-refractivity contribution >= 4 is 12.2 Å². The van der Waals surface area contributed by atoms with Crippen molar-refractivity contribution in [1.29, 1.82) is 0 Å². The fourth-order valence-corrected chi connectivity index (χ4v) is 1.34. The van der Waals surface area contributed by atoms with Crippen molar-refractivity contribution < 1.29 is 8.81 Å². The fourth-order valence-electron chi connectivity index (χ4n) is 1.34. The highest BCUT2D eigenvalue weighted by Gasteiger charge is 2.03. The van der Waals surface area contributed by atoms with Gasteiger partial charge < -0.3 is 15.9 Å². The lowest BCUT2D eigenvalue weighted by molar-refractivity contribution is 0.574. The minimum Gasteiger partial charge on any atom is -0.455 e. The molecule has 1 aromatic carbocycles. The third kappa shape index (κ3) is 2.94. The Morgan fingerprint density at radius 2 is 1.83 bits per heavy atom. The van der Waals surface area contributed by atoms with Gasteiger partial charge in [0.1, 0.15) is 17.3 Å². The summed E-state index contributed by atoms with van der Waals surface area (Å²) in [5, 5.41) is 7.07. The number of nitrogens with two attached hydrogens (primary N) is 2. The minimum atomic E-state index is -0.292. The van der Waals surface area contributed by atoms with Crippen molar-refractivity contribution in [2.24, 2.45) is 21.7 Å². The van der Waals surface area contributed by atoms with Crippen LogP contribution in [-0.2, 0) is 0 Å². The van der Waals surface area contributed by atoms with Crippen LogP contribution in [0.25, 0.3) is 11.3 Å². The second-order valence-corrected chi connectivity index (χ2v) is 3.48. The maximum Gasteiger partial charge on any atom is 0.211 e. The summed E-state index contributed by atoms with van der Waals surface area (Å²) in [6, 6.07) is 9.46. The van der Waals surface area contributed by atoms with Crippen LogP contribution in [0.4, 0.5) is 4.39 Å². The van der Waals surface area contributed by atoms with Crippen LogP contribution >= 0.6 is 0 Å². The first-order valence-corrected chi connectivity index (χ1v) is 5.13. The van der Waals surface area contributed by atoms with E-state index >= 15 is 0 Å². The number of hydrogen-bond donors (Lipinski definition) is 2. The first-order chi connectivity index (χ1) is 8.65. The van der Waals surface area contributed by atoms with Gasteiger partial charge in [0.25, 0.3) is 0 Å². The maximum absolute atomic E-state index is 12.8. The summed E-state index contributed by atoms with van der Waals surface area (Å²) in [5.41, 5.74) is 11.0. The molecule has 0 amide bonds. The fraction of sp³-hybridized carbons (Fsp3) is 0. The van der Waals surface area contributed by atoms with Crippen molar-refractivity contribution in [2.45, 2.75) is 0 Å². The van der Waals surface area contributed by atoms with Crippen LogP contribution < -0.4 is 11.5 Å². The molecule has 4 N–H and O–H groups in total. The molecule has 1 aromatic heterocycles. The zero-order chi connectivity index (χ0) is 13.0. The van der Waals surface area contributed by atoms with E-state index in [0.717, 1.165) is 5.56 Å². The van der Waals surface area contributed by atoms with Crippen molar-refractivity contribution in [3.63, 3.8) is 0 Å². The lowest BCUT2D eigenvalue weighted by Crippen LogP contribution is -2.21. The molecule has 0 bridgehead atoms. The van der Waals surface area contributed by atoms with Crippen LogP contribution in [0.5, 0.6) is 0 Å². The van der Waals surface area contributed by atoms with Gasteiger partial charge >= 0.3 is 0 Å². The minimum absolute atomic E-state index is 0.128. The Kier molecular flexibility index (Phi) is 3.38. The topological polar surface area (TPSA) is 89.9 Å². The predicted octanol–water partition coefficient (Wildman–Crippen LogP) is 1.69.